The second-order valence-electron chi connectivity index (χ2n) is 30.3. The monoisotopic (exact) mass is 1600 g/mol. The van der Waals surface area contributed by atoms with E-state index in [4.69, 9.17) is 29.9 Å². The third-order valence-electron chi connectivity index (χ3n) is 23.0. The summed E-state index contributed by atoms with van der Waals surface area (Å²) in [4.78, 5) is 32.0. The molecule has 16 aromatic carbocycles. The maximum Gasteiger partial charge on any atom is 0.160 e. The Morgan fingerprint density at radius 1 is 0.158 bits per heavy atom. The van der Waals surface area contributed by atoms with E-state index in [1.165, 1.54) is 114 Å². The van der Waals surface area contributed by atoms with Gasteiger partial charge in [0.2, 0.25) is 0 Å². The van der Waals surface area contributed by atoms with Crippen LogP contribution in [0.15, 0.2) is 400 Å². The fraction of sp³-hybridized carbons (Fsp3) is 0. The highest BCUT2D eigenvalue weighted by molar-refractivity contribution is 7.27. The zero-order valence-corrected chi connectivity index (χ0v) is 67.7. The number of hydrogen-bond acceptors (Lipinski definition) is 10. The average molecular weight is 1600 g/mol. The topological polar surface area (TPSA) is 77.3 Å². The number of aromatic nitrogens is 6. The average Bonchev–Trinajstić information content (AvgIpc) is 1.54. The van der Waals surface area contributed by atoms with Crippen LogP contribution in [0.3, 0.4) is 0 Å². The van der Waals surface area contributed by atoms with Gasteiger partial charge in [-0.1, -0.05) is 340 Å². The van der Waals surface area contributed by atoms with Gasteiger partial charge in [-0.3, -0.25) is 0 Å². The zero-order valence-electron chi connectivity index (χ0n) is 64.4. The summed E-state index contributed by atoms with van der Waals surface area (Å²) in [6.45, 7) is 0. The molecule has 24 aromatic rings. The minimum absolute atomic E-state index is 0.681. The number of pyridine rings is 2. The SMILES string of the molecule is c1ccc(-c2ccc(-c3ccc4c(c3)nc(-c3cccc(-c5nc(-c6ccccc6)cc(-c6cccc7c6sc6ccccc67)n5)c3)c3sc5ccccc5c34)cc2)cc1.c1ccc(-c2ccc3c(c2)nc(-c2ccc(-c4nc(-c5ccccc5)cc(-c5cccc(-c6cccc7c6sc6ccccc67)c5)n4)cc2)c2sc4ccccc4c23)cc1. The smallest absolute Gasteiger partial charge is 0.160 e. The molecule has 0 unspecified atom stereocenters. The summed E-state index contributed by atoms with van der Waals surface area (Å²) in [5, 5.41) is 12.5. The molecule has 0 spiro atoms. The first-order valence-electron chi connectivity index (χ1n) is 40.2. The van der Waals surface area contributed by atoms with Gasteiger partial charge in [0.1, 0.15) is 0 Å². The van der Waals surface area contributed by atoms with Gasteiger partial charge in [0.15, 0.2) is 11.6 Å². The lowest BCUT2D eigenvalue weighted by Gasteiger charge is -2.12. The van der Waals surface area contributed by atoms with Crippen molar-refractivity contribution in [1.29, 1.82) is 0 Å². The molecule has 8 aromatic heterocycles. The summed E-state index contributed by atoms with van der Waals surface area (Å²) >= 11 is 7.30. The van der Waals surface area contributed by atoms with Gasteiger partial charge in [0.05, 0.1) is 54.6 Å². The largest absolute Gasteiger partial charge is 0.246 e. The van der Waals surface area contributed by atoms with Gasteiger partial charge in [0.25, 0.3) is 0 Å². The summed E-state index contributed by atoms with van der Waals surface area (Å²) in [7, 11) is 0. The van der Waals surface area contributed by atoms with Crippen LogP contribution in [0.4, 0.5) is 0 Å². The van der Waals surface area contributed by atoms with E-state index in [1.807, 2.05) is 57.5 Å². The standard InChI is InChI=1S/2C55H33N3S2/c1-3-13-34(14-4-1)35-25-27-36(28-26-35)38-29-30-43-47(32-38)56-52(54-51(43)45-20-8-10-24-50(45)60-54)39-17-11-18-40(31-39)55-57-46(37-15-5-2-6-16-37)33-48(58-55)44-22-12-21-42-41-19-7-9-23-49(41)59-53(42)44;1-3-13-34(14-4-1)38-29-30-44-48(32-38)56-52(54-51(44)45-20-8-10-24-50(45)60-54)36-25-27-37(28-26-36)55-57-46(35-15-5-2-6-16-35)33-47(58-55)40-18-11-17-39(31-40)41-21-12-22-43-42-19-7-9-23-49(42)59-53(41)43/h2*1-33H. The van der Waals surface area contributed by atoms with E-state index in [0.29, 0.717) is 11.6 Å². The fourth-order valence-electron chi connectivity index (χ4n) is 17.1. The van der Waals surface area contributed by atoms with Crippen molar-refractivity contribution in [1.82, 2.24) is 29.9 Å². The Bertz CT molecular complexity index is 8140. The van der Waals surface area contributed by atoms with E-state index in [9.17, 15) is 0 Å². The van der Waals surface area contributed by atoms with Crippen molar-refractivity contribution in [2.75, 3.05) is 0 Å². The molecule has 24 rings (SSSR count). The maximum absolute atomic E-state index is 5.51. The van der Waals surface area contributed by atoms with Crippen molar-refractivity contribution in [3.05, 3.63) is 400 Å². The highest BCUT2D eigenvalue weighted by atomic mass is 32.1. The normalized spacial score (nSPS) is 11.7. The molecule has 0 bridgehead atoms. The van der Waals surface area contributed by atoms with Crippen LogP contribution in [0.1, 0.15) is 0 Å². The molecule has 0 radical (unpaired) electrons. The third kappa shape index (κ3) is 12.8. The van der Waals surface area contributed by atoms with Gasteiger partial charge in [-0.25, -0.2) is 29.9 Å². The highest BCUT2D eigenvalue weighted by Gasteiger charge is 2.23. The van der Waals surface area contributed by atoms with Crippen molar-refractivity contribution in [3.8, 4) is 135 Å². The lowest BCUT2D eigenvalue weighted by molar-refractivity contribution is 1.18. The Balaban J connectivity index is 0.000000140. The van der Waals surface area contributed by atoms with Crippen LogP contribution in [0.5, 0.6) is 0 Å². The Kier molecular flexibility index (Phi) is 17.6. The van der Waals surface area contributed by atoms with E-state index in [1.54, 1.807) is 0 Å². The molecule has 120 heavy (non-hydrogen) atoms. The molecule has 0 aliphatic rings. The van der Waals surface area contributed by atoms with Gasteiger partial charge in [-0.15, -0.1) is 45.3 Å². The van der Waals surface area contributed by atoms with E-state index in [0.717, 1.165) is 112 Å². The number of rotatable bonds is 12. The molecule has 0 aliphatic heterocycles. The molecule has 0 saturated carbocycles. The minimum atomic E-state index is 0.681. The predicted octanol–water partition coefficient (Wildman–Crippen LogP) is 31.5. The Morgan fingerprint density at radius 3 is 1.02 bits per heavy atom. The highest BCUT2D eigenvalue weighted by Crippen LogP contribution is 2.49. The van der Waals surface area contributed by atoms with Crippen LogP contribution in [0.25, 0.3) is 237 Å². The molecule has 6 nitrogen and oxygen atoms in total. The Labute approximate surface area is 707 Å². The molecular formula is C110H66N6S4. The van der Waals surface area contributed by atoms with Crippen molar-refractivity contribution in [3.63, 3.8) is 0 Å². The predicted molar refractivity (Wildman–Crippen MR) is 511 cm³/mol. The van der Waals surface area contributed by atoms with Crippen LogP contribution < -0.4 is 0 Å². The quantitative estimate of drug-likeness (QED) is 0.121. The molecule has 0 saturated heterocycles. The molecular weight excluding hydrogens is 1530 g/mol. The van der Waals surface area contributed by atoms with Gasteiger partial charge in [-0.05, 0) is 105 Å². The minimum Gasteiger partial charge on any atom is -0.246 e. The summed E-state index contributed by atoms with van der Waals surface area (Å²) in [5.74, 6) is 1.36. The van der Waals surface area contributed by atoms with Gasteiger partial charge < -0.3 is 0 Å². The molecule has 0 N–H and O–H groups in total. The maximum atomic E-state index is 5.51. The molecule has 10 heteroatoms. The second kappa shape index (κ2) is 29.8. The van der Waals surface area contributed by atoms with Crippen LogP contribution in [0.2, 0.25) is 0 Å². The van der Waals surface area contributed by atoms with Crippen LogP contribution in [-0.2, 0) is 0 Å². The molecule has 0 amide bonds. The number of thiophene rings is 4. The van der Waals surface area contributed by atoms with Crippen LogP contribution in [-0.4, -0.2) is 29.9 Å². The van der Waals surface area contributed by atoms with E-state index < -0.39 is 0 Å². The van der Waals surface area contributed by atoms with E-state index in [2.05, 4.69) is 388 Å². The first-order chi connectivity index (χ1) is 59.4. The van der Waals surface area contributed by atoms with E-state index >= 15 is 0 Å². The number of nitrogens with zero attached hydrogens (tertiary/aromatic N) is 6. The fourth-order valence-corrected chi connectivity index (χ4v) is 22.1. The van der Waals surface area contributed by atoms with Gasteiger partial charge >= 0.3 is 0 Å². The number of hydrogen-bond donors (Lipinski definition) is 0. The molecule has 0 fully saturated rings. The molecule has 0 atom stereocenters. The summed E-state index contributed by atoms with van der Waals surface area (Å²) < 4.78 is 9.99. The van der Waals surface area contributed by atoms with Gasteiger partial charge in [0, 0.05) is 127 Å². The van der Waals surface area contributed by atoms with Crippen molar-refractivity contribution >= 4 is 148 Å². The van der Waals surface area contributed by atoms with Crippen molar-refractivity contribution < 1.29 is 0 Å². The lowest BCUT2D eigenvalue weighted by Crippen LogP contribution is -1.96. The first-order valence-corrected chi connectivity index (χ1v) is 43.4. The summed E-state index contributed by atoms with van der Waals surface area (Å²) in [6.07, 6.45) is 0. The Morgan fingerprint density at radius 2 is 0.483 bits per heavy atom. The number of fused-ring (bicyclic) bond motifs is 16. The lowest BCUT2D eigenvalue weighted by atomic mass is 9.97. The molecule has 560 valence electrons. The zero-order chi connectivity index (χ0) is 79.1. The number of benzene rings is 16. The Hall–Kier alpha value is -14.6. The second-order valence-corrected chi connectivity index (χ2v) is 34.5. The third-order valence-corrected chi connectivity index (χ3v) is 27.8. The van der Waals surface area contributed by atoms with Crippen molar-refractivity contribution in [2.45, 2.75) is 0 Å². The van der Waals surface area contributed by atoms with Crippen LogP contribution in [0, 0.1) is 0 Å². The van der Waals surface area contributed by atoms with Crippen molar-refractivity contribution in [2.24, 2.45) is 0 Å². The summed E-state index contributed by atoms with van der Waals surface area (Å²) in [6, 6.07) is 142. The van der Waals surface area contributed by atoms with Gasteiger partial charge in [-0.2, -0.15) is 0 Å². The summed E-state index contributed by atoms with van der Waals surface area (Å²) in [5.41, 5.74) is 25.2. The van der Waals surface area contributed by atoms with Crippen LogP contribution >= 0.6 is 45.3 Å². The first kappa shape index (κ1) is 70.8. The molecule has 8 heterocycles. The molecule has 0 aliphatic carbocycles. The van der Waals surface area contributed by atoms with E-state index in [-0.39, 0.29) is 0 Å².